The number of carbonyl (C=O) groups is 2. The van der Waals surface area contributed by atoms with Crippen molar-refractivity contribution in [2.24, 2.45) is 0 Å². The number of hydrogen-bond acceptors (Lipinski definition) is 4. The lowest BCUT2D eigenvalue weighted by Crippen LogP contribution is -2.51. The van der Waals surface area contributed by atoms with Gasteiger partial charge in [-0.25, -0.2) is 8.42 Å². The van der Waals surface area contributed by atoms with Crippen LogP contribution in [-0.2, 0) is 26.0 Å². The SMILES string of the molecule is CNC(=O)[C@@H](C)N(CCc1ccccc1)C(=O)CN(c1ccccc1)S(=O)(=O)c1ccc(C)cc1. The van der Waals surface area contributed by atoms with E-state index in [2.05, 4.69) is 5.32 Å². The topological polar surface area (TPSA) is 86.8 Å². The monoisotopic (exact) mass is 493 g/mol. The van der Waals surface area contributed by atoms with Crippen LogP contribution in [0.1, 0.15) is 18.1 Å². The number of sulfonamides is 1. The van der Waals surface area contributed by atoms with Gasteiger partial charge in [-0.1, -0.05) is 66.2 Å². The van der Waals surface area contributed by atoms with Crippen LogP contribution in [0.3, 0.4) is 0 Å². The van der Waals surface area contributed by atoms with Gasteiger partial charge < -0.3 is 10.2 Å². The van der Waals surface area contributed by atoms with Crippen molar-refractivity contribution in [2.75, 3.05) is 24.4 Å². The molecule has 0 heterocycles. The predicted molar refractivity (Wildman–Crippen MR) is 138 cm³/mol. The molecule has 3 rings (SSSR count). The Labute approximate surface area is 207 Å². The van der Waals surface area contributed by atoms with Crippen LogP contribution in [0.4, 0.5) is 5.69 Å². The van der Waals surface area contributed by atoms with E-state index < -0.39 is 28.5 Å². The molecule has 3 aromatic rings. The van der Waals surface area contributed by atoms with Gasteiger partial charge in [0.2, 0.25) is 11.8 Å². The molecule has 0 aromatic heterocycles. The molecule has 184 valence electrons. The van der Waals surface area contributed by atoms with Crippen molar-refractivity contribution in [1.82, 2.24) is 10.2 Å². The first kappa shape index (κ1) is 26.0. The molecule has 1 N–H and O–H groups in total. The van der Waals surface area contributed by atoms with Gasteiger partial charge in [0.15, 0.2) is 0 Å². The minimum Gasteiger partial charge on any atom is -0.357 e. The molecule has 1 atom stereocenters. The van der Waals surface area contributed by atoms with Crippen LogP contribution in [0.25, 0.3) is 0 Å². The number of nitrogens with zero attached hydrogens (tertiary/aromatic N) is 2. The third-order valence-electron chi connectivity index (χ3n) is 5.83. The second-order valence-electron chi connectivity index (χ2n) is 8.27. The highest BCUT2D eigenvalue weighted by Gasteiger charge is 2.31. The predicted octanol–water partition coefficient (Wildman–Crippen LogP) is 3.40. The molecule has 0 aliphatic carbocycles. The summed E-state index contributed by atoms with van der Waals surface area (Å²) in [5.74, 6) is -0.782. The van der Waals surface area contributed by atoms with E-state index >= 15 is 0 Å². The van der Waals surface area contributed by atoms with Crippen LogP contribution in [0, 0.1) is 6.92 Å². The minimum absolute atomic E-state index is 0.0925. The number of para-hydroxylation sites is 1. The first-order valence-electron chi connectivity index (χ1n) is 11.4. The van der Waals surface area contributed by atoms with Gasteiger partial charge in [0.05, 0.1) is 10.6 Å². The lowest BCUT2D eigenvalue weighted by Gasteiger charge is -2.31. The molecule has 0 saturated carbocycles. The second-order valence-corrected chi connectivity index (χ2v) is 10.1. The highest BCUT2D eigenvalue weighted by atomic mass is 32.2. The number of likely N-dealkylation sites (N-methyl/N-ethyl adjacent to an activating group) is 1. The molecular formula is C27H31N3O4S. The Hall–Kier alpha value is -3.65. The van der Waals surface area contributed by atoms with Crippen molar-refractivity contribution in [3.63, 3.8) is 0 Å². The summed E-state index contributed by atoms with van der Waals surface area (Å²) in [7, 11) is -2.52. The van der Waals surface area contributed by atoms with E-state index in [1.54, 1.807) is 49.4 Å². The summed E-state index contributed by atoms with van der Waals surface area (Å²) in [5, 5.41) is 2.58. The second kappa shape index (κ2) is 11.7. The normalized spacial score (nSPS) is 12.0. The number of amides is 2. The molecule has 7 nitrogen and oxygen atoms in total. The molecular weight excluding hydrogens is 462 g/mol. The summed E-state index contributed by atoms with van der Waals surface area (Å²) < 4.78 is 28.3. The quantitative estimate of drug-likeness (QED) is 0.469. The van der Waals surface area contributed by atoms with Crippen LogP contribution in [0.5, 0.6) is 0 Å². The molecule has 8 heteroatoms. The number of nitrogens with one attached hydrogen (secondary N) is 1. The fourth-order valence-corrected chi connectivity index (χ4v) is 5.15. The van der Waals surface area contributed by atoms with Crippen LogP contribution >= 0.6 is 0 Å². The molecule has 0 unspecified atom stereocenters. The lowest BCUT2D eigenvalue weighted by atomic mass is 10.1. The Balaban J connectivity index is 1.94. The van der Waals surface area contributed by atoms with Crippen molar-refractivity contribution < 1.29 is 18.0 Å². The zero-order chi connectivity index (χ0) is 25.4. The minimum atomic E-state index is -4.03. The van der Waals surface area contributed by atoms with Gasteiger partial charge in [-0.2, -0.15) is 0 Å². The Kier molecular flexibility index (Phi) is 8.65. The molecule has 0 aliphatic rings. The van der Waals surface area contributed by atoms with E-state index in [1.807, 2.05) is 37.3 Å². The summed E-state index contributed by atoms with van der Waals surface area (Å²) >= 11 is 0. The maximum Gasteiger partial charge on any atom is 0.264 e. The lowest BCUT2D eigenvalue weighted by molar-refractivity contribution is -0.138. The van der Waals surface area contributed by atoms with Crippen molar-refractivity contribution in [3.8, 4) is 0 Å². The first-order chi connectivity index (χ1) is 16.7. The smallest absolute Gasteiger partial charge is 0.264 e. The van der Waals surface area contributed by atoms with E-state index in [0.29, 0.717) is 12.1 Å². The number of carbonyl (C=O) groups excluding carboxylic acids is 2. The van der Waals surface area contributed by atoms with Gasteiger partial charge in [0, 0.05) is 13.6 Å². The Morgan fingerprint density at radius 1 is 0.886 bits per heavy atom. The zero-order valence-corrected chi connectivity index (χ0v) is 21.0. The number of anilines is 1. The number of benzene rings is 3. The summed E-state index contributed by atoms with van der Waals surface area (Å²) in [6.45, 7) is 3.35. The van der Waals surface area contributed by atoms with E-state index in [4.69, 9.17) is 0 Å². The number of aryl methyl sites for hydroxylation is 1. The van der Waals surface area contributed by atoms with Gasteiger partial charge in [-0.15, -0.1) is 0 Å². The van der Waals surface area contributed by atoms with E-state index in [-0.39, 0.29) is 17.3 Å². The van der Waals surface area contributed by atoms with E-state index in [9.17, 15) is 18.0 Å². The standard InChI is InChI=1S/C27H31N3O4S/c1-21-14-16-25(17-15-21)35(33,34)30(24-12-8-5-9-13-24)20-26(31)29(22(2)27(32)28-3)19-18-23-10-6-4-7-11-23/h4-17,22H,18-20H2,1-3H3,(H,28,32)/t22-/m1/s1. The fraction of sp³-hybridized carbons (Fsp3) is 0.259. The molecule has 2 amide bonds. The Morgan fingerprint density at radius 3 is 2.03 bits per heavy atom. The molecule has 0 fully saturated rings. The molecule has 0 aliphatic heterocycles. The van der Waals surface area contributed by atoms with Gasteiger partial charge in [-0.05, 0) is 50.1 Å². The van der Waals surface area contributed by atoms with Crippen LogP contribution in [0.15, 0.2) is 89.8 Å². The summed E-state index contributed by atoms with van der Waals surface area (Å²) in [4.78, 5) is 27.5. The molecule has 0 bridgehead atoms. The molecule has 0 spiro atoms. The fourth-order valence-electron chi connectivity index (χ4n) is 3.74. The highest BCUT2D eigenvalue weighted by Crippen LogP contribution is 2.24. The van der Waals surface area contributed by atoms with Gasteiger partial charge in [0.1, 0.15) is 12.6 Å². The third kappa shape index (κ3) is 6.48. The van der Waals surface area contributed by atoms with Crippen molar-refractivity contribution >= 4 is 27.5 Å². The van der Waals surface area contributed by atoms with E-state index in [1.165, 1.54) is 24.1 Å². The number of hydrogen-bond donors (Lipinski definition) is 1. The van der Waals surface area contributed by atoms with Gasteiger partial charge in [-0.3, -0.25) is 13.9 Å². The van der Waals surface area contributed by atoms with Crippen LogP contribution in [0.2, 0.25) is 0 Å². The van der Waals surface area contributed by atoms with E-state index in [0.717, 1.165) is 15.4 Å². The Morgan fingerprint density at radius 2 is 1.46 bits per heavy atom. The summed E-state index contributed by atoms with van der Waals surface area (Å²) in [6, 6.07) is 23.9. The van der Waals surface area contributed by atoms with Crippen LogP contribution < -0.4 is 9.62 Å². The molecule has 3 aromatic carbocycles. The average Bonchev–Trinajstić information content (AvgIpc) is 2.88. The molecule has 35 heavy (non-hydrogen) atoms. The third-order valence-corrected chi connectivity index (χ3v) is 7.62. The Bertz CT molecular complexity index is 1230. The van der Waals surface area contributed by atoms with Gasteiger partial charge in [0.25, 0.3) is 10.0 Å². The maximum absolute atomic E-state index is 13.6. The zero-order valence-electron chi connectivity index (χ0n) is 20.2. The summed E-state index contributed by atoms with van der Waals surface area (Å²) in [6.07, 6.45) is 0.532. The van der Waals surface area contributed by atoms with Crippen molar-refractivity contribution in [1.29, 1.82) is 0 Å². The van der Waals surface area contributed by atoms with Crippen LogP contribution in [-0.4, -0.2) is 51.3 Å². The largest absolute Gasteiger partial charge is 0.357 e. The summed E-state index contributed by atoms with van der Waals surface area (Å²) in [5.41, 5.74) is 2.32. The van der Waals surface area contributed by atoms with Crippen molar-refractivity contribution in [2.45, 2.75) is 31.2 Å². The number of rotatable bonds is 10. The average molecular weight is 494 g/mol. The molecule has 0 saturated heterocycles. The highest BCUT2D eigenvalue weighted by molar-refractivity contribution is 7.92. The molecule has 0 radical (unpaired) electrons. The maximum atomic E-state index is 13.6. The van der Waals surface area contributed by atoms with Gasteiger partial charge >= 0.3 is 0 Å². The van der Waals surface area contributed by atoms with Crippen molar-refractivity contribution in [3.05, 3.63) is 96.1 Å². The first-order valence-corrected chi connectivity index (χ1v) is 12.9.